The lowest BCUT2D eigenvalue weighted by Crippen LogP contribution is -2.46. The van der Waals surface area contributed by atoms with Gasteiger partial charge in [-0.3, -0.25) is 0 Å². The predicted molar refractivity (Wildman–Crippen MR) is 56.9 cm³/mol. The van der Waals surface area contributed by atoms with Crippen molar-refractivity contribution in [1.29, 1.82) is 0 Å². The van der Waals surface area contributed by atoms with Crippen molar-refractivity contribution in [2.24, 2.45) is 0 Å². The Balaban J connectivity index is 3.15. The molecule has 2 N–H and O–H groups in total. The van der Waals surface area contributed by atoms with E-state index in [0.29, 0.717) is 6.42 Å². The summed E-state index contributed by atoms with van der Waals surface area (Å²) in [5.74, 6) is 0. The molecule has 0 aliphatic heterocycles. The fourth-order valence-electron chi connectivity index (χ4n) is 1.70. The van der Waals surface area contributed by atoms with E-state index in [9.17, 15) is 10.2 Å². The topological polar surface area (TPSA) is 40.5 Å². The van der Waals surface area contributed by atoms with Gasteiger partial charge in [-0.1, -0.05) is 37.3 Å². The van der Waals surface area contributed by atoms with E-state index < -0.39 is 11.2 Å². The number of aliphatic hydroxyl groups is 2. The first-order valence-corrected chi connectivity index (χ1v) is 4.92. The molecule has 1 atom stereocenters. The molecule has 0 amide bonds. The van der Waals surface area contributed by atoms with Crippen molar-refractivity contribution in [2.75, 3.05) is 0 Å². The molecule has 0 heterocycles. The Morgan fingerprint density at radius 2 is 1.57 bits per heavy atom. The SMILES string of the molecule is CCC(O)(c1ccccc1)C(C)(C)O. The van der Waals surface area contributed by atoms with Gasteiger partial charge < -0.3 is 10.2 Å². The maximum Gasteiger partial charge on any atom is 0.117 e. The van der Waals surface area contributed by atoms with Gasteiger partial charge in [-0.25, -0.2) is 0 Å². The van der Waals surface area contributed by atoms with Crippen LogP contribution in [-0.4, -0.2) is 15.8 Å². The Kier molecular flexibility index (Phi) is 2.98. The second-order valence-corrected chi connectivity index (χ2v) is 4.14. The lowest BCUT2D eigenvalue weighted by Gasteiger charge is -2.38. The van der Waals surface area contributed by atoms with Gasteiger partial charge in [0, 0.05) is 0 Å². The van der Waals surface area contributed by atoms with Crippen LogP contribution in [0.5, 0.6) is 0 Å². The van der Waals surface area contributed by atoms with Crippen molar-refractivity contribution < 1.29 is 10.2 Å². The van der Waals surface area contributed by atoms with Gasteiger partial charge in [0.2, 0.25) is 0 Å². The highest BCUT2D eigenvalue weighted by Crippen LogP contribution is 2.35. The molecule has 0 spiro atoms. The summed E-state index contributed by atoms with van der Waals surface area (Å²) >= 11 is 0. The lowest BCUT2D eigenvalue weighted by molar-refractivity contribution is -0.139. The van der Waals surface area contributed by atoms with E-state index in [0.717, 1.165) is 5.56 Å². The molecule has 14 heavy (non-hydrogen) atoms. The highest BCUT2D eigenvalue weighted by atomic mass is 16.4. The van der Waals surface area contributed by atoms with Gasteiger partial charge in [0.25, 0.3) is 0 Å². The Morgan fingerprint density at radius 1 is 1.07 bits per heavy atom. The van der Waals surface area contributed by atoms with Crippen LogP contribution in [0.4, 0.5) is 0 Å². The summed E-state index contributed by atoms with van der Waals surface area (Å²) in [4.78, 5) is 0. The zero-order chi connectivity index (χ0) is 10.8. The van der Waals surface area contributed by atoms with E-state index in [1.54, 1.807) is 13.8 Å². The van der Waals surface area contributed by atoms with Crippen LogP contribution in [0.1, 0.15) is 32.8 Å². The molecular weight excluding hydrogens is 176 g/mol. The Morgan fingerprint density at radius 3 is 1.93 bits per heavy atom. The van der Waals surface area contributed by atoms with Crippen molar-refractivity contribution in [3.63, 3.8) is 0 Å². The number of hydrogen-bond donors (Lipinski definition) is 2. The second-order valence-electron chi connectivity index (χ2n) is 4.14. The van der Waals surface area contributed by atoms with Crippen LogP contribution < -0.4 is 0 Å². The van der Waals surface area contributed by atoms with Crippen LogP contribution in [0.2, 0.25) is 0 Å². The zero-order valence-corrected chi connectivity index (χ0v) is 8.99. The van der Waals surface area contributed by atoms with Gasteiger partial charge >= 0.3 is 0 Å². The smallest absolute Gasteiger partial charge is 0.117 e. The highest BCUT2D eigenvalue weighted by molar-refractivity contribution is 5.25. The van der Waals surface area contributed by atoms with E-state index in [1.165, 1.54) is 0 Å². The Hall–Kier alpha value is -0.860. The predicted octanol–water partition coefficient (Wildman–Crippen LogP) is 2.06. The van der Waals surface area contributed by atoms with Gasteiger partial charge in [-0.15, -0.1) is 0 Å². The molecule has 1 unspecified atom stereocenters. The molecule has 0 aliphatic carbocycles. The van der Waals surface area contributed by atoms with Crippen LogP contribution in [0, 0.1) is 0 Å². The molecule has 0 saturated carbocycles. The van der Waals surface area contributed by atoms with E-state index in [2.05, 4.69) is 0 Å². The standard InChI is InChI=1S/C12H18O2/c1-4-12(14,11(2,3)13)10-8-6-5-7-9-10/h5-9,13-14H,4H2,1-3H3. The molecule has 0 aromatic heterocycles. The van der Waals surface area contributed by atoms with Gasteiger partial charge in [-0.2, -0.15) is 0 Å². The molecule has 0 radical (unpaired) electrons. The van der Waals surface area contributed by atoms with Gasteiger partial charge in [-0.05, 0) is 25.8 Å². The van der Waals surface area contributed by atoms with Crippen molar-refractivity contribution in [1.82, 2.24) is 0 Å². The fourth-order valence-corrected chi connectivity index (χ4v) is 1.70. The van der Waals surface area contributed by atoms with Gasteiger partial charge in [0.15, 0.2) is 0 Å². The molecule has 1 rings (SSSR count). The van der Waals surface area contributed by atoms with Gasteiger partial charge in [0.1, 0.15) is 5.60 Å². The monoisotopic (exact) mass is 194 g/mol. The normalized spacial score (nSPS) is 16.4. The molecule has 0 aliphatic rings. The summed E-state index contributed by atoms with van der Waals surface area (Å²) in [7, 11) is 0. The Labute approximate surface area is 85.2 Å². The average Bonchev–Trinajstić information content (AvgIpc) is 2.16. The highest BCUT2D eigenvalue weighted by Gasteiger charge is 2.41. The summed E-state index contributed by atoms with van der Waals surface area (Å²) in [6.07, 6.45) is 0.487. The summed E-state index contributed by atoms with van der Waals surface area (Å²) in [5.41, 5.74) is -1.55. The second kappa shape index (κ2) is 3.71. The maximum atomic E-state index is 10.4. The van der Waals surface area contributed by atoms with Crippen molar-refractivity contribution in [3.8, 4) is 0 Å². The summed E-state index contributed by atoms with van der Waals surface area (Å²) in [5, 5.41) is 20.3. The number of benzene rings is 1. The summed E-state index contributed by atoms with van der Waals surface area (Å²) in [6.45, 7) is 5.12. The fraction of sp³-hybridized carbons (Fsp3) is 0.500. The minimum Gasteiger partial charge on any atom is -0.387 e. The molecule has 1 aromatic rings. The first-order chi connectivity index (χ1) is 6.42. The minimum atomic E-state index is -1.17. The molecule has 2 nitrogen and oxygen atoms in total. The number of rotatable bonds is 3. The maximum absolute atomic E-state index is 10.4. The van der Waals surface area contributed by atoms with E-state index in [1.807, 2.05) is 37.3 Å². The zero-order valence-electron chi connectivity index (χ0n) is 8.99. The minimum absolute atomic E-state index is 0.487. The summed E-state index contributed by atoms with van der Waals surface area (Å²) in [6, 6.07) is 9.29. The lowest BCUT2D eigenvalue weighted by atomic mass is 9.78. The van der Waals surface area contributed by atoms with E-state index in [4.69, 9.17) is 0 Å². The quantitative estimate of drug-likeness (QED) is 0.773. The first kappa shape index (κ1) is 11.2. The van der Waals surface area contributed by atoms with Crippen LogP contribution in [0.15, 0.2) is 30.3 Å². The van der Waals surface area contributed by atoms with Crippen LogP contribution in [-0.2, 0) is 5.60 Å². The van der Waals surface area contributed by atoms with E-state index in [-0.39, 0.29) is 0 Å². The van der Waals surface area contributed by atoms with Crippen molar-refractivity contribution in [3.05, 3.63) is 35.9 Å². The van der Waals surface area contributed by atoms with Crippen LogP contribution in [0.25, 0.3) is 0 Å². The number of hydrogen-bond acceptors (Lipinski definition) is 2. The first-order valence-electron chi connectivity index (χ1n) is 4.92. The average molecular weight is 194 g/mol. The van der Waals surface area contributed by atoms with E-state index >= 15 is 0 Å². The van der Waals surface area contributed by atoms with Crippen molar-refractivity contribution in [2.45, 2.75) is 38.4 Å². The molecule has 1 aromatic carbocycles. The third kappa shape index (κ3) is 1.81. The Bertz CT molecular complexity index is 287. The van der Waals surface area contributed by atoms with Crippen LogP contribution in [0.3, 0.4) is 0 Å². The molecule has 78 valence electrons. The third-order valence-electron chi connectivity index (χ3n) is 2.78. The summed E-state index contributed by atoms with van der Waals surface area (Å²) < 4.78 is 0. The van der Waals surface area contributed by atoms with Crippen LogP contribution >= 0.6 is 0 Å². The molecule has 0 saturated heterocycles. The molecule has 0 fully saturated rings. The van der Waals surface area contributed by atoms with Crippen molar-refractivity contribution >= 4 is 0 Å². The molecule has 0 bridgehead atoms. The van der Waals surface area contributed by atoms with Gasteiger partial charge in [0.05, 0.1) is 5.60 Å². The molecular formula is C12H18O2. The third-order valence-corrected chi connectivity index (χ3v) is 2.78. The molecule has 2 heteroatoms. The largest absolute Gasteiger partial charge is 0.387 e.